The fourth-order valence-electron chi connectivity index (χ4n) is 4.35. The predicted octanol–water partition coefficient (Wildman–Crippen LogP) is 2.24. The molecule has 1 saturated carbocycles. The summed E-state index contributed by atoms with van der Waals surface area (Å²) in [5, 5.41) is 10.9. The molecule has 0 radical (unpaired) electrons. The van der Waals surface area contributed by atoms with E-state index in [-0.39, 0.29) is 17.6 Å². The third-order valence-corrected chi connectivity index (χ3v) is 6.07. The molecular formula is C21H24N4O4. The van der Waals surface area contributed by atoms with Gasteiger partial charge in [-0.05, 0) is 30.0 Å². The van der Waals surface area contributed by atoms with Gasteiger partial charge in [0.2, 0.25) is 0 Å². The summed E-state index contributed by atoms with van der Waals surface area (Å²) in [7, 11) is 1.40. The number of non-ortho nitro benzene ring substituents is 1. The molecule has 29 heavy (non-hydrogen) atoms. The summed E-state index contributed by atoms with van der Waals surface area (Å²) < 4.78 is 5.10. The Morgan fingerprint density at radius 1 is 1.21 bits per heavy atom. The zero-order valence-corrected chi connectivity index (χ0v) is 16.4. The third-order valence-electron chi connectivity index (χ3n) is 6.07. The monoisotopic (exact) mass is 396 g/mol. The molecule has 0 N–H and O–H groups in total. The van der Waals surface area contributed by atoms with Gasteiger partial charge in [0.15, 0.2) is 0 Å². The van der Waals surface area contributed by atoms with E-state index in [0.29, 0.717) is 6.42 Å². The van der Waals surface area contributed by atoms with E-state index in [2.05, 4.69) is 14.8 Å². The lowest BCUT2D eigenvalue weighted by molar-refractivity contribution is -0.384. The van der Waals surface area contributed by atoms with Crippen LogP contribution in [0.15, 0.2) is 48.7 Å². The number of hydrogen-bond donors (Lipinski definition) is 0. The molecule has 2 aliphatic rings. The van der Waals surface area contributed by atoms with Crippen LogP contribution in [0.4, 0.5) is 11.5 Å². The first-order valence-electron chi connectivity index (χ1n) is 9.76. The first kappa shape index (κ1) is 19.3. The van der Waals surface area contributed by atoms with Crippen molar-refractivity contribution in [2.75, 3.05) is 44.7 Å². The number of nitro benzene ring substituents is 1. The van der Waals surface area contributed by atoms with Crippen molar-refractivity contribution in [3.8, 4) is 0 Å². The van der Waals surface area contributed by atoms with Crippen molar-refractivity contribution in [3.63, 3.8) is 0 Å². The highest BCUT2D eigenvalue weighted by molar-refractivity contribution is 5.87. The summed E-state index contributed by atoms with van der Waals surface area (Å²) >= 11 is 0. The number of nitro groups is 1. The molecule has 1 saturated heterocycles. The van der Waals surface area contributed by atoms with Gasteiger partial charge in [0.25, 0.3) is 5.69 Å². The molecule has 2 aromatic rings. The number of ether oxygens (including phenoxy) is 1. The number of pyridine rings is 1. The molecule has 4 rings (SSSR count). The molecule has 152 valence electrons. The van der Waals surface area contributed by atoms with E-state index in [1.807, 2.05) is 18.2 Å². The highest BCUT2D eigenvalue weighted by Crippen LogP contribution is 2.55. The Bertz CT molecular complexity index is 881. The summed E-state index contributed by atoms with van der Waals surface area (Å²) in [5.74, 6) is 0.884. The minimum absolute atomic E-state index is 0.0246. The molecule has 8 heteroatoms. The van der Waals surface area contributed by atoms with Crippen LogP contribution >= 0.6 is 0 Å². The molecule has 2 atom stereocenters. The number of carbonyl (C=O) groups is 1. The second kappa shape index (κ2) is 7.79. The van der Waals surface area contributed by atoms with Gasteiger partial charge in [0.1, 0.15) is 5.82 Å². The second-order valence-corrected chi connectivity index (χ2v) is 7.64. The number of benzene rings is 1. The van der Waals surface area contributed by atoms with Crippen LogP contribution < -0.4 is 4.90 Å². The quantitative estimate of drug-likeness (QED) is 0.420. The number of nitrogens with zero attached hydrogens (tertiary/aromatic N) is 4. The molecule has 1 aromatic carbocycles. The van der Waals surface area contributed by atoms with Crippen molar-refractivity contribution in [1.29, 1.82) is 0 Å². The van der Waals surface area contributed by atoms with Crippen LogP contribution in [0.5, 0.6) is 0 Å². The maximum absolute atomic E-state index is 12.6. The zero-order valence-electron chi connectivity index (χ0n) is 16.4. The van der Waals surface area contributed by atoms with Gasteiger partial charge >= 0.3 is 5.97 Å². The third kappa shape index (κ3) is 3.67. The topological polar surface area (TPSA) is 88.8 Å². The van der Waals surface area contributed by atoms with Gasteiger partial charge in [-0.1, -0.05) is 18.2 Å². The number of anilines is 1. The van der Waals surface area contributed by atoms with Gasteiger partial charge < -0.3 is 9.64 Å². The van der Waals surface area contributed by atoms with Crippen LogP contribution in [0.2, 0.25) is 0 Å². The number of aromatic nitrogens is 1. The largest absolute Gasteiger partial charge is 0.468 e. The minimum atomic E-state index is -0.692. The average molecular weight is 396 g/mol. The average Bonchev–Trinajstić information content (AvgIpc) is 3.49. The predicted molar refractivity (Wildman–Crippen MR) is 108 cm³/mol. The zero-order chi connectivity index (χ0) is 20.4. The van der Waals surface area contributed by atoms with Gasteiger partial charge in [-0.25, -0.2) is 4.98 Å². The normalized spacial score (nSPS) is 24.2. The lowest BCUT2D eigenvalue weighted by Gasteiger charge is -2.35. The Morgan fingerprint density at radius 2 is 1.93 bits per heavy atom. The van der Waals surface area contributed by atoms with Gasteiger partial charge in [-0.15, -0.1) is 0 Å². The smallest absolute Gasteiger partial charge is 0.316 e. The lowest BCUT2D eigenvalue weighted by Crippen LogP contribution is -2.47. The van der Waals surface area contributed by atoms with Crippen molar-refractivity contribution in [1.82, 2.24) is 9.88 Å². The molecule has 0 spiro atoms. The summed E-state index contributed by atoms with van der Waals surface area (Å²) in [5.41, 5.74) is 0.130. The molecule has 1 aromatic heterocycles. The van der Waals surface area contributed by atoms with Crippen LogP contribution in [0.25, 0.3) is 0 Å². The Kier molecular flexibility index (Phi) is 5.19. The van der Waals surface area contributed by atoms with Gasteiger partial charge in [-0.3, -0.25) is 19.8 Å². The fraction of sp³-hybridized carbons (Fsp3) is 0.429. The van der Waals surface area contributed by atoms with Crippen molar-refractivity contribution in [2.24, 2.45) is 5.92 Å². The van der Waals surface area contributed by atoms with E-state index >= 15 is 0 Å². The molecule has 2 heterocycles. The highest BCUT2D eigenvalue weighted by Gasteiger charge is 2.62. The van der Waals surface area contributed by atoms with E-state index in [9.17, 15) is 14.9 Å². The van der Waals surface area contributed by atoms with E-state index in [1.54, 1.807) is 18.3 Å². The standard InChI is InChI=1S/C21H24N4O4/c1-29-20(26)21(16-5-7-18(8-6-16)25(27)28)14-17(21)15-23-10-12-24(13-11-23)19-4-2-3-9-22-19/h2-9,17H,10-15H2,1H3. The first-order chi connectivity index (χ1) is 14.0. The minimum Gasteiger partial charge on any atom is -0.468 e. The van der Waals surface area contributed by atoms with Crippen LogP contribution in [0, 0.1) is 16.0 Å². The summed E-state index contributed by atoms with van der Waals surface area (Å²) in [6.07, 6.45) is 2.51. The molecule has 2 fully saturated rings. The number of rotatable bonds is 6. The van der Waals surface area contributed by atoms with Crippen molar-refractivity contribution >= 4 is 17.5 Å². The van der Waals surface area contributed by atoms with Gasteiger partial charge in [-0.2, -0.15) is 0 Å². The Hall–Kier alpha value is -3.00. The second-order valence-electron chi connectivity index (χ2n) is 7.64. The maximum Gasteiger partial charge on any atom is 0.316 e. The molecule has 0 amide bonds. The molecule has 8 nitrogen and oxygen atoms in total. The molecule has 2 unspecified atom stereocenters. The summed E-state index contributed by atoms with van der Waals surface area (Å²) in [6, 6.07) is 12.2. The van der Waals surface area contributed by atoms with Crippen molar-refractivity contribution < 1.29 is 14.5 Å². The number of methoxy groups -OCH3 is 1. The van der Waals surface area contributed by atoms with E-state index < -0.39 is 10.3 Å². The first-order valence-corrected chi connectivity index (χ1v) is 9.76. The van der Waals surface area contributed by atoms with Crippen LogP contribution in [-0.2, 0) is 14.9 Å². The fourth-order valence-corrected chi connectivity index (χ4v) is 4.35. The Balaban J connectivity index is 1.41. The number of esters is 1. The van der Waals surface area contributed by atoms with E-state index in [0.717, 1.165) is 44.1 Å². The molecule has 1 aliphatic carbocycles. The molecule has 0 bridgehead atoms. The Labute approximate surface area is 169 Å². The highest BCUT2D eigenvalue weighted by atomic mass is 16.6. The van der Waals surface area contributed by atoms with Gasteiger partial charge in [0.05, 0.1) is 17.4 Å². The Morgan fingerprint density at radius 3 is 2.52 bits per heavy atom. The number of carbonyl (C=O) groups excluding carboxylic acids is 1. The van der Waals surface area contributed by atoms with Crippen LogP contribution in [0.3, 0.4) is 0 Å². The number of hydrogen-bond acceptors (Lipinski definition) is 7. The van der Waals surface area contributed by atoms with Crippen molar-refractivity contribution in [2.45, 2.75) is 11.8 Å². The van der Waals surface area contributed by atoms with Crippen LogP contribution in [-0.4, -0.2) is 60.6 Å². The molecular weight excluding hydrogens is 372 g/mol. The van der Waals surface area contributed by atoms with Gasteiger partial charge in [0, 0.05) is 51.1 Å². The number of piperazine rings is 1. The molecule has 1 aliphatic heterocycles. The van der Waals surface area contributed by atoms with E-state index in [4.69, 9.17) is 4.74 Å². The van der Waals surface area contributed by atoms with Crippen molar-refractivity contribution in [3.05, 3.63) is 64.3 Å². The van der Waals surface area contributed by atoms with Crippen LogP contribution in [0.1, 0.15) is 12.0 Å². The summed E-state index contributed by atoms with van der Waals surface area (Å²) in [4.78, 5) is 32.2. The summed E-state index contributed by atoms with van der Waals surface area (Å²) in [6.45, 7) is 4.41. The lowest BCUT2D eigenvalue weighted by atomic mass is 9.92. The SMILES string of the molecule is COC(=O)C1(c2ccc([N+](=O)[O-])cc2)CC1CN1CCN(c2ccccn2)CC1. The maximum atomic E-state index is 12.6. The van der Waals surface area contributed by atoms with E-state index in [1.165, 1.54) is 19.2 Å².